The molecule has 0 aliphatic rings. The Balaban J connectivity index is 2.51. The summed E-state index contributed by atoms with van der Waals surface area (Å²) in [6, 6.07) is 7.46. The van der Waals surface area contributed by atoms with E-state index in [1.165, 1.54) is 6.92 Å². The average molecular weight is 302 g/mol. The first-order valence-electron chi connectivity index (χ1n) is 5.77. The van der Waals surface area contributed by atoms with Crippen LogP contribution in [0.4, 0.5) is 0 Å². The van der Waals surface area contributed by atoms with E-state index in [2.05, 4.69) is 16.9 Å². The van der Waals surface area contributed by atoms with Gasteiger partial charge in [-0.2, -0.15) is 0 Å². The van der Waals surface area contributed by atoms with Crippen LogP contribution in [0.15, 0.2) is 24.3 Å². The maximum Gasteiger partial charge on any atom is 0.220 e. The third kappa shape index (κ3) is 4.77. The Labute approximate surface area is 119 Å². The fourth-order valence-electron chi connectivity index (χ4n) is 1.41. The number of nitrogens with two attached hydrogens (primary N) is 1. The second-order valence-electron chi connectivity index (χ2n) is 4.08. The molecule has 19 heavy (non-hydrogen) atoms. The van der Waals surface area contributed by atoms with Gasteiger partial charge in [-0.1, -0.05) is 24.4 Å². The molecule has 0 aromatic heterocycles. The molecule has 0 saturated heterocycles. The Morgan fingerprint density at radius 3 is 2.47 bits per heavy atom. The number of thiocarbonyl (C=S) groups is 1. The number of hydrogen-bond acceptors (Lipinski definition) is 4. The summed E-state index contributed by atoms with van der Waals surface area (Å²) in [7, 11) is -1.89. The van der Waals surface area contributed by atoms with E-state index in [1.807, 2.05) is 24.3 Å². The Hall–Kier alpha value is -1.18. The highest BCUT2D eigenvalue weighted by Gasteiger charge is 2.22. The van der Waals surface area contributed by atoms with Crippen LogP contribution in [-0.2, 0) is 16.4 Å². The first kappa shape index (κ1) is 15.9. The topological polar surface area (TPSA) is 81.4 Å². The highest BCUT2D eigenvalue weighted by atomic mass is 32.2. The minimum atomic E-state index is -3.48. The summed E-state index contributed by atoms with van der Waals surface area (Å²) in [6.45, 7) is 1.78. The molecule has 1 unspecified atom stereocenters. The molecule has 1 aromatic rings. The zero-order valence-electron chi connectivity index (χ0n) is 10.9. The third-order valence-electron chi connectivity index (χ3n) is 2.74. The first-order valence-corrected chi connectivity index (χ1v) is 7.73. The number of nitrogens with one attached hydrogen (secondary N) is 1. The molecule has 106 valence electrons. The minimum absolute atomic E-state index is 0.0306. The highest BCUT2D eigenvalue weighted by molar-refractivity contribution is 7.93. The van der Waals surface area contributed by atoms with Gasteiger partial charge in [-0.05, 0) is 31.0 Å². The molecule has 0 radical (unpaired) electrons. The van der Waals surface area contributed by atoms with Crippen LogP contribution in [0.3, 0.4) is 0 Å². The number of methoxy groups -OCH3 is 1. The second-order valence-corrected chi connectivity index (χ2v) is 6.64. The normalized spacial score (nSPS) is 12.9. The Morgan fingerprint density at radius 1 is 1.42 bits per heavy atom. The Morgan fingerprint density at radius 2 is 2.00 bits per heavy atom. The lowest BCUT2D eigenvalue weighted by atomic mass is 10.1. The lowest BCUT2D eigenvalue weighted by molar-refractivity contribution is 0.414. The van der Waals surface area contributed by atoms with E-state index in [4.69, 9.17) is 10.5 Å². The summed E-state index contributed by atoms with van der Waals surface area (Å²) < 4.78 is 31.1. The summed E-state index contributed by atoms with van der Waals surface area (Å²) in [5, 5.41) is -0.863. The zero-order valence-corrected chi connectivity index (χ0v) is 12.6. The fourth-order valence-corrected chi connectivity index (χ4v) is 2.73. The van der Waals surface area contributed by atoms with E-state index in [9.17, 15) is 8.42 Å². The van der Waals surface area contributed by atoms with Crippen molar-refractivity contribution in [2.45, 2.75) is 18.6 Å². The van der Waals surface area contributed by atoms with Gasteiger partial charge < -0.3 is 10.5 Å². The van der Waals surface area contributed by atoms with Crippen molar-refractivity contribution in [3.63, 3.8) is 0 Å². The molecule has 0 aliphatic carbocycles. The van der Waals surface area contributed by atoms with Gasteiger partial charge in [0.1, 0.15) is 11.0 Å². The summed E-state index contributed by atoms with van der Waals surface area (Å²) in [5.74, 6) is 0.770. The van der Waals surface area contributed by atoms with Crippen LogP contribution in [0.2, 0.25) is 0 Å². The van der Waals surface area contributed by atoms with Crippen LogP contribution in [0.25, 0.3) is 0 Å². The van der Waals surface area contributed by atoms with Crippen LogP contribution in [0, 0.1) is 0 Å². The van der Waals surface area contributed by atoms with Gasteiger partial charge in [-0.3, -0.25) is 0 Å². The predicted molar refractivity (Wildman–Crippen MR) is 79.9 cm³/mol. The molecule has 1 atom stereocenters. The second kappa shape index (κ2) is 6.83. The van der Waals surface area contributed by atoms with Crippen LogP contribution >= 0.6 is 12.2 Å². The molecule has 0 amide bonds. The van der Waals surface area contributed by atoms with Crippen LogP contribution < -0.4 is 15.2 Å². The molecule has 0 heterocycles. The molecule has 5 nitrogen and oxygen atoms in total. The number of sulfonamides is 1. The Kier molecular flexibility index (Phi) is 5.71. The van der Waals surface area contributed by atoms with Gasteiger partial charge in [0.05, 0.1) is 12.1 Å². The van der Waals surface area contributed by atoms with Crippen LogP contribution in [0.1, 0.15) is 12.5 Å². The number of ether oxygens (including phenoxy) is 1. The SMILES string of the molecule is COc1ccc(CCNS(=O)(=O)C(C)C(N)=S)cc1. The largest absolute Gasteiger partial charge is 0.497 e. The van der Waals surface area contributed by atoms with E-state index in [-0.39, 0.29) is 4.99 Å². The van der Waals surface area contributed by atoms with Crippen LogP contribution in [0.5, 0.6) is 5.75 Å². The summed E-state index contributed by atoms with van der Waals surface area (Å²) >= 11 is 4.68. The van der Waals surface area contributed by atoms with Crippen molar-refractivity contribution in [3.05, 3.63) is 29.8 Å². The maximum atomic E-state index is 11.8. The molecule has 1 aromatic carbocycles. The standard InChI is InChI=1S/C12H18N2O3S2/c1-9(12(13)18)19(15,16)14-8-7-10-3-5-11(17-2)6-4-10/h3-6,9,14H,7-8H2,1-2H3,(H2,13,18). The van der Waals surface area contributed by atoms with E-state index < -0.39 is 15.3 Å². The van der Waals surface area contributed by atoms with Crippen molar-refractivity contribution in [1.82, 2.24) is 4.72 Å². The highest BCUT2D eigenvalue weighted by Crippen LogP contribution is 2.11. The van der Waals surface area contributed by atoms with E-state index in [0.717, 1.165) is 11.3 Å². The smallest absolute Gasteiger partial charge is 0.220 e. The number of hydrogen-bond donors (Lipinski definition) is 2. The van der Waals surface area contributed by atoms with Crippen molar-refractivity contribution in [3.8, 4) is 5.75 Å². The molecule has 0 fully saturated rings. The molecule has 3 N–H and O–H groups in total. The molecular weight excluding hydrogens is 284 g/mol. The first-order chi connectivity index (χ1) is 8.86. The summed E-state index contributed by atoms with van der Waals surface area (Å²) in [6.07, 6.45) is 0.591. The van der Waals surface area contributed by atoms with Crippen molar-refractivity contribution < 1.29 is 13.2 Å². The maximum absolute atomic E-state index is 11.8. The molecule has 0 aliphatic heterocycles. The third-order valence-corrected chi connectivity index (χ3v) is 5.04. The van der Waals surface area contributed by atoms with E-state index in [1.54, 1.807) is 7.11 Å². The van der Waals surface area contributed by atoms with Gasteiger partial charge in [0.2, 0.25) is 10.0 Å². The van der Waals surface area contributed by atoms with Gasteiger partial charge in [0, 0.05) is 6.54 Å². The Bertz CT molecular complexity index is 526. The molecule has 7 heteroatoms. The van der Waals surface area contributed by atoms with Gasteiger partial charge in [-0.15, -0.1) is 0 Å². The molecule has 0 bridgehead atoms. The van der Waals surface area contributed by atoms with Crippen LogP contribution in [-0.4, -0.2) is 32.3 Å². The molecule has 0 saturated carbocycles. The monoisotopic (exact) mass is 302 g/mol. The predicted octanol–water partition coefficient (Wildman–Crippen LogP) is 0.832. The van der Waals surface area contributed by atoms with Gasteiger partial charge in [0.15, 0.2) is 0 Å². The minimum Gasteiger partial charge on any atom is -0.497 e. The van der Waals surface area contributed by atoms with E-state index in [0.29, 0.717) is 13.0 Å². The van der Waals surface area contributed by atoms with E-state index >= 15 is 0 Å². The number of benzene rings is 1. The van der Waals surface area contributed by atoms with Gasteiger partial charge in [0.25, 0.3) is 0 Å². The lowest BCUT2D eigenvalue weighted by Gasteiger charge is -2.12. The molecular formula is C12H18N2O3S2. The van der Waals surface area contributed by atoms with Gasteiger partial charge >= 0.3 is 0 Å². The van der Waals surface area contributed by atoms with Gasteiger partial charge in [-0.25, -0.2) is 13.1 Å². The lowest BCUT2D eigenvalue weighted by Crippen LogP contribution is -2.40. The summed E-state index contributed by atoms with van der Waals surface area (Å²) in [5.41, 5.74) is 6.36. The average Bonchev–Trinajstić information content (AvgIpc) is 2.38. The molecule has 1 rings (SSSR count). The zero-order chi connectivity index (χ0) is 14.5. The quantitative estimate of drug-likeness (QED) is 0.729. The molecule has 0 spiro atoms. The van der Waals surface area contributed by atoms with Crippen molar-refractivity contribution >= 4 is 27.2 Å². The summed E-state index contributed by atoms with van der Waals surface area (Å²) in [4.78, 5) is -0.0306. The number of rotatable bonds is 7. The van der Waals surface area contributed by atoms with Crippen molar-refractivity contribution in [2.24, 2.45) is 5.73 Å². The van der Waals surface area contributed by atoms with Crippen molar-refractivity contribution in [2.75, 3.05) is 13.7 Å². The van der Waals surface area contributed by atoms with Crippen molar-refractivity contribution in [1.29, 1.82) is 0 Å². The fraction of sp³-hybridized carbons (Fsp3) is 0.417.